The van der Waals surface area contributed by atoms with Crippen molar-refractivity contribution in [2.75, 3.05) is 30.9 Å². The molecule has 1 aromatic heterocycles. The summed E-state index contributed by atoms with van der Waals surface area (Å²) >= 11 is 0. The zero-order valence-corrected chi connectivity index (χ0v) is 11.1. The second-order valence-electron chi connectivity index (χ2n) is 4.93. The Balaban J connectivity index is 1.98. The Morgan fingerprint density at radius 3 is 2.78 bits per heavy atom. The fourth-order valence-electron chi connectivity index (χ4n) is 2.18. The number of aromatic nitrogens is 1. The highest BCUT2D eigenvalue weighted by molar-refractivity contribution is 5.93. The molecule has 0 spiro atoms. The summed E-state index contributed by atoms with van der Waals surface area (Å²) in [4.78, 5) is 18.3. The van der Waals surface area contributed by atoms with Crippen molar-refractivity contribution in [3.05, 3.63) is 18.3 Å². The lowest BCUT2D eigenvalue weighted by atomic mass is 10.0. The second-order valence-corrected chi connectivity index (χ2v) is 4.93. The van der Waals surface area contributed by atoms with Gasteiger partial charge in [0.05, 0.1) is 17.8 Å². The molecule has 2 N–H and O–H groups in total. The monoisotopic (exact) mass is 248 g/mol. The van der Waals surface area contributed by atoms with Gasteiger partial charge in [-0.05, 0) is 32.0 Å². The molecular formula is C13H20N4O. The lowest BCUT2D eigenvalue weighted by Crippen LogP contribution is -2.32. The normalized spacial score (nSPS) is 22.8. The summed E-state index contributed by atoms with van der Waals surface area (Å²) in [6, 6.07) is 4.03. The molecule has 0 aliphatic carbocycles. The first-order chi connectivity index (χ1) is 8.58. The molecule has 2 unspecified atom stereocenters. The van der Waals surface area contributed by atoms with E-state index in [1.807, 2.05) is 38.1 Å². The summed E-state index contributed by atoms with van der Waals surface area (Å²) in [5, 5.41) is 6.20. The number of amides is 1. The van der Waals surface area contributed by atoms with E-state index in [1.165, 1.54) is 0 Å². The van der Waals surface area contributed by atoms with E-state index in [-0.39, 0.29) is 17.9 Å². The molecule has 1 fully saturated rings. The molecule has 5 nitrogen and oxygen atoms in total. The summed E-state index contributed by atoms with van der Waals surface area (Å²) in [7, 11) is 3.87. The van der Waals surface area contributed by atoms with Crippen LogP contribution in [0.3, 0.4) is 0 Å². The van der Waals surface area contributed by atoms with Gasteiger partial charge in [-0.15, -0.1) is 0 Å². The Hall–Kier alpha value is -1.62. The minimum atomic E-state index is 0.0542. The van der Waals surface area contributed by atoms with Gasteiger partial charge in [-0.1, -0.05) is 0 Å². The van der Waals surface area contributed by atoms with Gasteiger partial charge in [0.25, 0.3) is 0 Å². The fraction of sp³-hybridized carbons (Fsp3) is 0.538. The van der Waals surface area contributed by atoms with Crippen molar-refractivity contribution in [1.82, 2.24) is 10.3 Å². The van der Waals surface area contributed by atoms with Crippen molar-refractivity contribution in [3.63, 3.8) is 0 Å². The number of hydrogen-bond acceptors (Lipinski definition) is 4. The van der Waals surface area contributed by atoms with Crippen molar-refractivity contribution in [2.45, 2.75) is 19.4 Å². The molecule has 1 saturated heterocycles. The van der Waals surface area contributed by atoms with E-state index in [1.54, 1.807) is 6.20 Å². The molecule has 5 heteroatoms. The van der Waals surface area contributed by atoms with Crippen LogP contribution in [0.25, 0.3) is 0 Å². The van der Waals surface area contributed by atoms with Crippen LogP contribution in [0.4, 0.5) is 11.5 Å². The van der Waals surface area contributed by atoms with Crippen LogP contribution in [0.15, 0.2) is 18.3 Å². The number of rotatable bonds is 3. The van der Waals surface area contributed by atoms with Crippen LogP contribution in [-0.4, -0.2) is 37.6 Å². The molecule has 0 radical (unpaired) electrons. The maximum absolute atomic E-state index is 12.1. The number of anilines is 2. The highest BCUT2D eigenvalue weighted by Gasteiger charge is 2.29. The van der Waals surface area contributed by atoms with Gasteiger partial charge in [0.2, 0.25) is 5.91 Å². The van der Waals surface area contributed by atoms with Crippen LogP contribution >= 0.6 is 0 Å². The minimum Gasteiger partial charge on any atom is -0.363 e. The van der Waals surface area contributed by atoms with Crippen molar-refractivity contribution >= 4 is 17.4 Å². The Morgan fingerprint density at radius 1 is 1.50 bits per heavy atom. The second kappa shape index (κ2) is 5.35. The number of nitrogens with one attached hydrogen (secondary N) is 2. The Kier molecular flexibility index (Phi) is 3.81. The lowest BCUT2D eigenvalue weighted by Gasteiger charge is -2.15. The van der Waals surface area contributed by atoms with Crippen molar-refractivity contribution in [1.29, 1.82) is 0 Å². The smallest absolute Gasteiger partial charge is 0.229 e. The van der Waals surface area contributed by atoms with Gasteiger partial charge >= 0.3 is 0 Å². The van der Waals surface area contributed by atoms with Crippen molar-refractivity contribution < 1.29 is 4.79 Å². The third-order valence-electron chi connectivity index (χ3n) is 3.34. The van der Waals surface area contributed by atoms with Crippen LogP contribution in [0, 0.1) is 5.92 Å². The summed E-state index contributed by atoms with van der Waals surface area (Å²) in [6.07, 6.45) is 2.59. The predicted molar refractivity (Wildman–Crippen MR) is 72.8 cm³/mol. The molecule has 98 valence electrons. The van der Waals surface area contributed by atoms with Gasteiger partial charge in [0, 0.05) is 20.1 Å². The highest BCUT2D eigenvalue weighted by Crippen LogP contribution is 2.18. The topological polar surface area (TPSA) is 57.3 Å². The van der Waals surface area contributed by atoms with E-state index < -0.39 is 0 Å². The summed E-state index contributed by atoms with van der Waals surface area (Å²) < 4.78 is 0. The van der Waals surface area contributed by atoms with Crippen molar-refractivity contribution in [3.8, 4) is 0 Å². The number of carbonyl (C=O) groups is 1. The summed E-state index contributed by atoms with van der Waals surface area (Å²) in [6.45, 7) is 2.96. The molecule has 0 saturated carbocycles. The molecule has 18 heavy (non-hydrogen) atoms. The maximum atomic E-state index is 12.1. The van der Waals surface area contributed by atoms with E-state index in [2.05, 4.69) is 15.6 Å². The quantitative estimate of drug-likeness (QED) is 0.840. The molecule has 2 heterocycles. The highest BCUT2D eigenvalue weighted by atomic mass is 16.1. The number of nitrogens with zero attached hydrogens (tertiary/aromatic N) is 2. The zero-order chi connectivity index (χ0) is 13.1. The van der Waals surface area contributed by atoms with Crippen LogP contribution in [0.5, 0.6) is 0 Å². The van der Waals surface area contributed by atoms with Crippen molar-refractivity contribution in [2.24, 2.45) is 5.92 Å². The van der Waals surface area contributed by atoms with Crippen LogP contribution in [-0.2, 0) is 4.79 Å². The van der Waals surface area contributed by atoms with E-state index in [0.29, 0.717) is 0 Å². The average Bonchev–Trinajstić information content (AvgIpc) is 2.76. The first kappa shape index (κ1) is 12.8. The third-order valence-corrected chi connectivity index (χ3v) is 3.34. The Labute approximate surface area is 108 Å². The third kappa shape index (κ3) is 2.79. The van der Waals surface area contributed by atoms with Crippen LogP contribution in [0.1, 0.15) is 13.3 Å². The molecule has 0 bridgehead atoms. The average molecular weight is 248 g/mol. The molecule has 2 atom stereocenters. The van der Waals surface area contributed by atoms with Gasteiger partial charge in [-0.2, -0.15) is 0 Å². The minimum absolute atomic E-state index is 0.0542. The van der Waals surface area contributed by atoms with E-state index >= 15 is 0 Å². The Morgan fingerprint density at radius 2 is 2.28 bits per heavy atom. The summed E-state index contributed by atoms with van der Waals surface area (Å²) in [5.74, 6) is 1.01. The van der Waals surface area contributed by atoms with Gasteiger partial charge in [0.15, 0.2) is 0 Å². The molecule has 1 aliphatic heterocycles. The largest absolute Gasteiger partial charge is 0.363 e. The first-order valence-electron chi connectivity index (χ1n) is 6.25. The van der Waals surface area contributed by atoms with E-state index in [4.69, 9.17) is 0 Å². The molecule has 1 aromatic rings. The first-order valence-corrected chi connectivity index (χ1v) is 6.25. The molecule has 2 rings (SSSR count). The fourth-order valence-corrected chi connectivity index (χ4v) is 2.18. The maximum Gasteiger partial charge on any atom is 0.229 e. The standard InChI is InChI=1S/C13H20N4O/c1-9-11(6-7-14-9)13(18)16-10-4-5-12(15-8-10)17(2)3/h4-5,8-9,11,14H,6-7H2,1-3H3,(H,16,18). The van der Waals surface area contributed by atoms with Gasteiger partial charge in [-0.3, -0.25) is 4.79 Å². The number of carbonyl (C=O) groups excluding carboxylic acids is 1. The molecule has 1 aliphatic rings. The zero-order valence-electron chi connectivity index (χ0n) is 11.1. The van der Waals surface area contributed by atoms with E-state index in [9.17, 15) is 4.79 Å². The lowest BCUT2D eigenvalue weighted by molar-refractivity contribution is -0.120. The Bertz CT molecular complexity index is 416. The molecular weight excluding hydrogens is 228 g/mol. The van der Waals surface area contributed by atoms with E-state index in [0.717, 1.165) is 24.5 Å². The van der Waals surface area contributed by atoms with Gasteiger partial charge in [0.1, 0.15) is 5.82 Å². The van der Waals surface area contributed by atoms with Crippen LogP contribution in [0.2, 0.25) is 0 Å². The number of hydrogen-bond donors (Lipinski definition) is 2. The van der Waals surface area contributed by atoms with Crippen LogP contribution < -0.4 is 15.5 Å². The van der Waals surface area contributed by atoms with Gasteiger partial charge < -0.3 is 15.5 Å². The van der Waals surface area contributed by atoms with Gasteiger partial charge in [-0.25, -0.2) is 4.98 Å². The molecule has 1 amide bonds. The predicted octanol–water partition coefficient (Wildman–Crippen LogP) is 1.08. The number of pyridine rings is 1. The summed E-state index contributed by atoms with van der Waals surface area (Å²) in [5.41, 5.74) is 0.754. The molecule has 0 aromatic carbocycles. The SMILES string of the molecule is CC1NCCC1C(=O)Nc1ccc(N(C)C)nc1.